The molecule has 0 saturated carbocycles. The Morgan fingerprint density at radius 2 is 1.92 bits per heavy atom. The lowest BCUT2D eigenvalue weighted by Gasteiger charge is -2.02. The molecule has 1 aliphatic rings. The van der Waals surface area contributed by atoms with Gasteiger partial charge in [-0.1, -0.05) is 0 Å². The minimum absolute atomic E-state index is 0.00588. The summed E-state index contributed by atoms with van der Waals surface area (Å²) in [6.45, 7) is 0. The first-order valence-corrected chi connectivity index (χ1v) is 3.52. The second-order valence-corrected chi connectivity index (χ2v) is 2.68. The van der Waals surface area contributed by atoms with E-state index in [1.54, 1.807) is 0 Å². The fraction of sp³-hybridized carbons (Fsp3) is 0.125. The summed E-state index contributed by atoms with van der Waals surface area (Å²) < 4.78 is 0. The van der Waals surface area contributed by atoms with Crippen molar-refractivity contribution in [2.75, 3.05) is 5.32 Å². The molecule has 4 heteroatoms. The van der Waals surface area contributed by atoms with Crippen LogP contribution in [0.3, 0.4) is 0 Å². The molecule has 0 bridgehead atoms. The number of benzene rings is 1. The Labute approximate surface area is 68.5 Å². The second-order valence-electron chi connectivity index (χ2n) is 2.68. The molecular formula is C8H7NO3. The summed E-state index contributed by atoms with van der Waals surface area (Å²) in [5.74, 6) is -0.170. The number of nitrogens with one attached hydrogen (secondary N) is 1. The van der Waals surface area contributed by atoms with Crippen LogP contribution < -0.4 is 5.32 Å². The van der Waals surface area contributed by atoms with Crippen LogP contribution in [0.4, 0.5) is 5.69 Å². The minimum atomic E-state index is -0.207. The molecule has 1 aromatic carbocycles. The van der Waals surface area contributed by atoms with Gasteiger partial charge in [-0.2, -0.15) is 0 Å². The highest BCUT2D eigenvalue weighted by Crippen LogP contribution is 2.37. The number of carbonyl (C=O) groups excluding carboxylic acids is 1. The van der Waals surface area contributed by atoms with Crippen LogP contribution in [0.15, 0.2) is 12.1 Å². The zero-order valence-corrected chi connectivity index (χ0v) is 6.16. The summed E-state index contributed by atoms with van der Waals surface area (Å²) in [6, 6.07) is 2.72. The Bertz CT molecular complexity index is 327. The number of rotatable bonds is 0. The third kappa shape index (κ3) is 0.812. The van der Waals surface area contributed by atoms with Gasteiger partial charge in [0.25, 0.3) is 0 Å². The lowest BCUT2D eigenvalue weighted by molar-refractivity contribution is -0.115. The lowest BCUT2D eigenvalue weighted by Crippen LogP contribution is -2.03. The largest absolute Gasteiger partial charge is 0.508 e. The van der Waals surface area contributed by atoms with Crippen LogP contribution in [0, 0.1) is 0 Å². The predicted octanol–water partition coefficient (Wildman–Crippen LogP) is 0.592. The first-order chi connectivity index (χ1) is 5.68. The van der Waals surface area contributed by atoms with E-state index in [4.69, 9.17) is 0 Å². The Morgan fingerprint density at radius 1 is 1.25 bits per heavy atom. The smallest absolute Gasteiger partial charge is 0.229 e. The average Bonchev–Trinajstić information content (AvgIpc) is 2.41. The molecule has 0 saturated heterocycles. The van der Waals surface area contributed by atoms with Crippen molar-refractivity contribution in [1.29, 1.82) is 0 Å². The van der Waals surface area contributed by atoms with Crippen LogP contribution in [-0.4, -0.2) is 16.1 Å². The van der Waals surface area contributed by atoms with E-state index in [0.29, 0.717) is 11.3 Å². The van der Waals surface area contributed by atoms with Crippen molar-refractivity contribution in [2.45, 2.75) is 6.42 Å². The third-order valence-electron chi connectivity index (χ3n) is 1.87. The SMILES string of the molecule is O=C1Cc2c(O)ccc(O)c2N1. The second kappa shape index (κ2) is 2.14. The molecule has 1 heterocycles. The van der Waals surface area contributed by atoms with Crippen LogP contribution in [0.5, 0.6) is 11.5 Å². The number of phenols is 2. The van der Waals surface area contributed by atoms with Crippen LogP contribution >= 0.6 is 0 Å². The molecule has 0 spiro atoms. The van der Waals surface area contributed by atoms with E-state index in [9.17, 15) is 15.0 Å². The molecule has 0 aromatic heterocycles. The molecule has 0 fully saturated rings. The monoisotopic (exact) mass is 165 g/mol. The van der Waals surface area contributed by atoms with Gasteiger partial charge in [0.05, 0.1) is 12.1 Å². The topological polar surface area (TPSA) is 69.6 Å². The van der Waals surface area contributed by atoms with Crippen molar-refractivity contribution in [3.8, 4) is 11.5 Å². The highest BCUT2D eigenvalue weighted by Gasteiger charge is 2.23. The Kier molecular flexibility index (Phi) is 1.24. The zero-order valence-electron chi connectivity index (χ0n) is 6.16. The molecule has 1 amide bonds. The fourth-order valence-corrected chi connectivity index (χ4v) is 1.29. The quantitative estimate of drug-likeness (QED) is 0.389. The Hall–Kier alpha value is -1.71. The van der Waals surface area contributed by atoms with E-state index < -0.39 is 0 Å². The van der Waals surface area contributed by atoms with Crippen molar-refractivity contribution in [3.63, 3.8) is 0 Å². The molecule has 2 rings (SSSR count). The highest BCUT2D eigenvalue weighted by molar-refractivity contribution is 6.01. The van der Waals surface area contributed by atoms with E-state index in [0.717, 1.165) is 0 Å². The molecule has 62 valence electrons. The molecule has 0 atom stereocenters. The van der Waals surface area contributed by atoms with Gasteiger partial charge in [-0.05, 0) is 12.1 Å². The van der Waals surface area contributed by atoms with Gasteiger partial charge in [-0.3, -0.25) is 4.79 Å². The highest BCUT2D eigenvalue weighted by atomic mass is 16.3. The first-order valence-electron chi connectivity index (χ1n) is 3.52. The van der Waals surface area contributed by atoms with Crippen molar-refractivity contribution in [3.05, 3.63) is 17.7 Å². The van der Waals surface area contributed by atoms with Crippen molar-refractivity contribution < 1.29 is 15.0 Å². The Morgan fingerprint density at radius 3 is 2.58 bits per heavy atom. The van der Waals surface area contributed by atoms with Gasteiger partial charge in [-0.25, -0.2) is 0 Å². The van der Waals surface area contributed by atoms with Gasteiger partial charge >= 0.3 is 0 Å². The van der Waals surface area contributed by atoms with Gasteiger partial charge in [-0.15, -0.1) is 0 Å². The van der Waals surface area contributed by atoms with Crippen molar-refractivity contribution >= 4 is 11.6 Å². The average molecular weight is 165 g/mol. The molecule has 4 nitrogen and oxygen atoms in total. The minimum Gasteiger partial charge on any atom is -0.508 e. The van der Waals surface area contributed by atoms with Gasteiger partial charge in [0.15, 0.2) is 0 Å². The van der Waals surface area contributed by atoms with Crippen LogP contribution in [-0.2, 0) is 11.2 Å². The molecule has 1 aliphatic heterocycles. The zero-order chi connectivity index (χ0) is 8.72. The van der Waals surface area contributed by atoms with Gasteiger partial charge < -0.3 is 15.5 Å². The maximum atomic E-state index is 10.9. The van der Waals surface area contributed by atoms with Crippen LogP contribution in [0.25, 0.3) is 0 Å². The normalized spacial score (nSPS) is 14.2. The molecule has 0 unspecified atom stereocenters. The number of carbonyl (C=O) groups is 1. The van der Waals surface area contributed by atoms with E-state index in [2.05, 4.69) is 5.32 Å². The summed E-state index contributed by atoms with van der Waals surface area (Å²) >= 11 is 0. The number of hydrogen-bond acceptors (Lipinski definition) is 3. The summed E-state index contributed by atoms with van der Waals surface area (Å²) in [4.78, 5) is 10.9. The lowest BCUT2D eigenvalue weighted by atomic mass is 10.1. The first kappa shape index (κ1) is 6.97. The van der Waals surface area contributed by atoms with Crippen LogP contribution in [0.1, 0.15) is 5.56 Å². The van der Waals surface area contributed by atoms with Gasteiger partial charge in [0.2, 0.25) is 5.91 Å². The number of anilines is 1. The number of aromatic hydroxyl groups is 2. The van der Waals surface area contributed by atoms with E-state index in [1.807, 2.05) is 0 Å². The molecular weight excluding hydrogens is 158 g/mol. The Balaban J connectivity index is 2.64. The third-order valence-corrected chi connectivity index (χ3v) is 1.87. The maximum Gasteiger partial charge on any atom is 0.229 e. The summed E-state index contributed by atoms with van der Waals surface area (Å²) in [5.41, 5.74) is 0.806. The molecule has 0 radical (unpaired) electrons. The fourth-order valence-electron chi connectivity index (χ4n) is 1.29. The summed E-state index contributed by atoms with van der Waals surface area (Å²) in [5, 5.41) is 21.0. The number of phenolic OH excluding ortho intramolecular Hbond substituents is 2. The molecule has 1 aromatic rings. The molecule has 0 aliphatic carbocycles. The molecule has 12 heavy (non-hydrogen) atoms. The standard InChI is InChI=1S/C8H7NO3/c10-5-1-2-6(11)8-4(5)3-7(12)9-8/h1-2,10-11H,3H2,(H,9,12). The molecule has 3 N–H and O–H groups in total. The summed E-state index contributed by atoms with van der Waals surface area (Å²) in [7, 11) is 0. The predicted molar refractivity (Wildman–Crippen MR) is 42.1 cm³/mol. The maximum absolute atomic E-state index is 10.9. The number of fused-ring (bicyclic) bond motifs is 1. The van der Waals surface area contributed by atoms with Gasteiger partial charge in [0, 0.05) is 5.56 Å². The van der Waals surface area contributed by atoms with Gasteiger partial charge in [0.1, 0.15) is 11.5 Å². The van der Waals surface area contributed by atoms with Crippen LogP contribution in [0.2, 0.25) is 0 Å². The summed E-state index contributed by atoms with van der Waals surface area (Å²) in [6.07, 6.45) is 0.134. The van der Waals surface area contributed by atoms with Crippen molar-refractivity contribution in [2.24, 2.45) is 0 Å². The van der Waals surface area contributed by atoms with E-state index >= 15 is 0 Å². The van der Waals surface area contributed by atoms with Crippen molar-refractivity contribution in [1.82, 2.24) is 0 Å². The number of amides is 1. The van der Waals surface area contributed by atoms with E-state index in [1.165, 1.54) is 12.1 Å². The number of hydrogen-bond donors (Lipinski definition) is 3. The van der Waals surface area contributed by atoms with E-state index in [-0.39, 0.29) is 23.8 Å².